The van der Waals surface area contributed by atoms with Crippen molar-refractivity contribution >= 4 is 61.0 Å². The van der Waals surface area contributed by atoms with Gasteiger partial charge in [0.1, 0.15) is 11.1 Å². The number of urea groups is 1. The Balaban J connectivity index is 1.64. The van der Waals surface area contributed by atoms with Crippen molar-refractivity contribution in [2.45, 2.75) is 0 Å². The highest BCUT2D eigenvalue weighted by atomic mass is 32.2. The molecule has 5 N–H and O–H groups in total. The lowest BCUT2D eigenvalue weighted by molar-refractivity contribution is -0.122. The minimum Gasteiger partial charge on any atom is -0.494 e. The second-order valence-electron chi connectivity index (χ2n) is 9.01. The van der Waals surface area contributed by atoms with Crippen LogP contribution in [-0.2, 0) is 29.6 Å². The maximum Gasteiger partial charge on any atom is 0.335 e. The standard InChI is InChI=1S/C25H22N6O10S2/c1-42(38,39)28-14-6-10-16(11-7-14)30-22(34)18(20(32)26-24(30)36)4-3-5-19-21(33)27-25(37)31(23(19)35)17-12-8-15(9-13-17)29-43(2,40)41/h3-13,28-29,34H,1-2H3,(H,26,32,36)(H,27,33,37)/b4-3+,19-5+. The fourth-order valence-corrected chi connectivity index (χ4v) is 4.99. The number of carbonyl (C=O) groups excluding carboxylic acids is 3. The summed E-state index contributed by atoms with van der Waals surface area (Å²) in [5.74, 6) is -2.88. The molecular formula is C25H22N6O10S2. The zero-order valence-corrected chi connectivity index (χ0v) is 23.8. The number of barbiturate groups is 1. The number of H-pyrrole nitrogens is 1. The fourth-order valence-electron chi connectivity index (χ4n) is 3.87. The van der Waals surface area contributed by atoms with E-state index in [-0.39, 0.29) is 22.7 Å². The van der Waals surface area contributed by atoms with Crippen LogP contribution in [-0.4, -0.2) is 61.9 Å². The summed E-state index contributed by atoms with van der Waals surface area (Å²) < 4.78 is 50.9. The van der Waals surface area contributed by atoms with E-state index in [1.807, 2.05) is 10.3 Å². The number of aromatic nitrogens is 2. The number of nitrogens with zero attached hydrogens (tertiary/aromatic N) is 2. The molecule has 3 aromatic rings. The molecule has 16 nitrogen and oxygen atoms in total. The van der Waals surface area contributed by atoms with Crippen molar-refractivity contribution in [3.63, 3.8) is 0 Å². The van der Waals surface area contributed by atoms with Crippen LogP contribution in [0.25, 0.3) is 11.8 Å². The van der Waals surface area contributed by atoms with Gasteiger partial charge >= 0.3 is 11.7 Å². The SMILES string of the molecule is CS(=O)(=O)Nc1ccc(N2C(=O)NC(=O)/C(=C\C=C\c3c(O)n(-c4ccc(NS(C)(=O)=O)cc4)c(=O)[nH]c3=O)C2=O)cc1. The molecule has 0 aliphatic carbocycles. The molecule has 2 aromatic carbocycles. The highest BCUT2D eigenvalue weighted by Crippen LogP contribution is 2.24. The lowest BCUT2D eigenvalue weighted by Crippen LogP contribution is -2.54. The van der Waals surface area contributed by atoms with Crippen LogP contribution < -0.4 is 30.9 Å². The van der Waals surface area contributed by atoms with Crippen LogP contribution in [0.15, 0.2) is 75.8 Å². The van der Waals surface area contributed by atoms with Crippen molar-refractivity contribution in [3.8, 4) is 11.6 Å². The number of aromatic amines is 1. The first-order valence-corrected chi connectivity index (χ1v) is 15.6. The van der Waals surface area contributed by atoms with Gasteiger partial charge in [-0.2, -0.15) is 0 Å². The summed E-state index contributed by atoms with van der Waals surface area (Å²) in [7, 11) is -7.14. The van der Waals surface area contributed by atoms with E-state index in [1.54, 1.807) is 0 Å². The summed E-state index contributed by atoms with van der Waals surface area (Å²) >= 11 is 0. The number of imide groups is 2. The molecule has 0 bridgehead atoms. The molecule has 1 aliphatic rings. The van der Waals surface area contributed by atoms with Gasteiger partial charge in [-0.25, -0.2) is 35.9 Å². The fraction of sp³-hybridized carbons (Fsp3) is 0.0800. The summed E-state index contributed by atoms with van der Waals surface area (Å²) in [6.45, 7) is 0. The smallest absolute Gasteiger partial charge is 0.335 e. The second kappa shape index (κ2) is 11.4. The van der Waals surface area contributed by atoms with E-state index in [9.17, 15) is 45.9 Å². The Morgan fingerprint density at radius 3 is 1.81 bits per heavy atom. The normalized spacial score (nSPS) is 15.2. The predicted molar refractivity (Wildman–Crippen MR) is 156 cm³/mol. The summed E-state index contributed by atoms with van der Waals surface area (Å²) in [6.07, 6.45) is 4.96. The summed E-state index contributed by atoms with van der Waals surface area (Å²) in [5.41, 5.74) is -2.52. The van der Waals surface area contributed by atoms with Crippen molar-refractivity contribution in [2.75, 3.05) is 26.9 Å². The maximum absolute atomic E-state index is 13.1. The van der Waals surface area contributed by atoms with E-state index in [2.05, 4.69) is 9.44 Å². The van der Waals surface area contributed by atoms with Crippen molar-refractivity contribution < 1.29 is 36.3 Å². The van der Waals surface area contributed by atoms with Crippen LogP contribution in [0.1, 0.15) is 5.56 Å². The monoisotopic (exact) mass is 630 g/mol. The Morgan fingerprint density at radius 1 is 0.791 bits per heavy atom. The molecule has 1 aromatic heterocycles. The molecule has 4 amide bonds. The van der Waals surface area contributed by atoms with Gasteiger partial charge in [0.05, 0.1) is 23.9 Å². The number of carbonyl (C=O) groups is 3. The molecule has 1 aliphatic heterocycles. The van der Waals surface area contributed by atoms with E-state index in [1.165, 1.54) is 48.5 Å². The summed E-state index contributed by atoms with van der Waals surface area (Å²) in [6, 6.07) is 9.36. The largest absolute Gasteiger partial charge is 0.494 e. The molecular weight excluding hydrogens is 608 g/mol. The molecule has 2 heterocycles. The lowest BCUT2D eigenvalue weighted by Gasteiger charge is -2.26. The number of rotatable bonds is 8. The summed E-state index contributed by atoms with van der Waals surface area (Å²) in [5, 5.41) is 12.7. The van der Waals surface area contributed by atoms with Gasteiger partial charge in [0.25, 0.3) is 17.4 Å². The number of nitrogens with one attached hydrogen (secondary N) is 4. The number of hydrogen-bond acceptors (Lipinski definition) is 10. The van der Waals surface area contributed by atoms with Crippen molar-refractivity contribution in [1.29, 1.82) is 0 Å². The first-order chi connectivity index (χ1) is 20.0. The van der Waals surface area contributed by atoms with Gasteiger partial charge in [0.15, 0.2) is 0 Å². The Morgan fingerprint density at radius 2 is 1.30 bits per heavy atom. The van der Waals surface area contributed by atoms with Crippen LogP contribution in [0.3, 0.4) is 0 Å². The third-order valence-corrected chi connectivity index (χ3v) is 6.82. The predicted octanol–water partition coefficient (Wildman–Crippen LogP) is 0.197. The Kier molecular flexibility index (Phi) is 8.09. The van der Waals surface area contributed by atoms with E-state index in [4.69, 9.17) is 0 Å². The van der Waals surface area contributed by atoms with E-state index in [0.717, 1.165) is 35.3 Å². The highest BCUT2D eigenvalue weighted by Gasteiger charge is 2.36. The number of sulfonamides is 2. The molecule has 1 saturated heterocycles. The van der Waals surface area contributed by atoms with Crippen LogP contribution in [0.4, 0.5) is 21.9 Å². The Hall–Kier alpha value is -5.49. The number of allylic oxidation sites excluding steroid dienone is 2. The van der Waals surface area contributed by atoms with E-state index in [0.29, 0.717) is 4.90 Å². The average Bonchev–Trinajstić information content (AvgIpc) is 2.87. The molecule has 18 heteroatoms. The van der Waals surface area contributed by atoms with E-state index < -0.39 is 66.2 Å². The molecule has 0 unspecified atom stereocenters. The highest BCUT2D eigenvalue weighted by molar-refractivity contribution is 7.92. The molecule has 0 radical (unpaired) electrons. The molecule has 0 saturated carbocycles. The van der Waals surface area contributed by atoms with Gasteiger partial charge < -0.3 is 5.11 Å². The number of anilines is 3. The number of aromatic hydroxyl groups is 1. The number of amides is 4. The van der Waals surface area contributed by atoms with Gasteiger partial charge in [-0.3, -0.25) is 34.1 Å². The van der Waals surface area contributed by atoms with Crippen molar-refractivity contribution in [1.82, 2.24) is 14.9 Å². The van der Waals surface area contributed by atoms with Crippen molar-refractivity contribution in [2.24, 2.45) is 0 Å². The van der Waals surface area contributed by atoms with E-state index >= 15 is 0 Å². The summed E-state index contributed by atoms with van der Waals surface area (Å²) in [4.78, 5) is 65.5. The molecule has 1 fully saturated rings. The van der Waals surface area contributed by atoms with Crippen LogP contribution in [0, 0.1) is 0 Å². The van der Waals surface area contributed by atoms with Gasteiger partial charge in [-0.1, -0.05) is 6.08 Å². The number of benzene rings is 2. The molecule has 224 valence electrons. The Bertz CT molecular complexity index is 2040. The first-order valence-electron chi connectivity index (χ1n) is 11.9. The average molecular weight is 631 g/mol. The van der Waals surface area contributed by atoms with Crippen LogP contribution in [0.2, 0.25) is 0 Å². The molecule has 43 heavy (non-hydrogen) atoms. The molecule has 0 spiro atoms. The Labute approximate surface area is 243 Å². The van der Waals surface area contributed by atoms with Crippen LogP contribution >= 0.6 is 0 Å². The molecule has 4 rings (SSSR count). The zero-order chi connectivity index (χ0) is 31.7. The van der Waals surface area contributed by atoms with Crippen molar-refractivity contribution in [3.05, 3.63) is 92.7 Å². The topological polar surface area (TPSA) is 234 Å². The van der Waals surface area contributed by atoms with Crippen LogP contribution in [0.5, 0.6) is 5.88 Å². The molecule has 0 atom stereocenters. The third-order valence-electron chi connectivity index (χ3n) is 5.61. The lowest BCUT2D eigenvalue weighted by atomic mass is 10.1. The quantitative estimate of drug-likeness (QED) is 0.167. The van der Waals surface area contributed by atoms with Gasteiger partial charge in [-0.15, -0.1) is 0 Å². The minimum atomic E-state index is -3.58. The van der Waals surface area contributed by atoms with Gasteiger partial charge in [-0.05, 0) is 60.7 Å². The van der Waals surface area contributed by atoms with Gasteiger partial charge in [0.2, 0.25) is 25.9 Å². The minimum absolute atomic E-state index is 0.0165. The first kappa shape index (κ1) is 30.5. The number of hydrogen-bond donors (Lipinski definition) is 5. The maximum atomic E-state index is 13.1. The second-order valence-corrected chi connectivity index (χ2v) is 12.5. The zero-order valence-electron chi connectivity index (χ0n) is 22.2. The third kappa shape index (κ3) is 7.05. The van der Waals surface area contributed by atoms with Gasteiger partial charge in [0, 0.05) is 11.4 Å².